The third-order valence-corrected chi connectivity index (χ3v) is 4.21. The van der Waals surface area contributed by atoms with E-state index < -0.39 is 24.4 Å². The molecule has 8 nitrogen and oxygen atoms in total. The summed E-state index contributed by atoms with van der Waals surface area (Å²) >= 11 is 5.75. The summed E-state index contributed by atoms with van der Waals surface area (Å²) in [5.41, 5.74) is 0.358. The number of esters is 1. The Hall–Kier alpha value is -3.26. The van der Waals surface area contributed by atoms with Crippen LogP contribution in [0.15, 0.2) is 48.5 Å². The van der Waals surface area contributed by atoms with Crippen molar-refractivity contribution in [1.82, 2.24) is 10.6 Å². The zero-order valence-electron chi connectivity index (χ0n) is 15.4. The highest BCUT2D eigenvalue weighted by Crippen LogP contribution is 2.30. The first-order chi connectivity index (χ1) is 14.0. The van der Waals surface area contributed by atoms with Gasteiger partial charge in [-0.05, 0) is 36.4 Å². The Morgan fingerprint density at radius 1 is 1.03 bits per heavy atom. The normalized spacial score (nSPS) is 14.6. The van der Waals surface area contributed by atoms with E-state index in [4.69, 9.17) is 25.8 Å². The number of hydrogen-bond donors (Lipinski definition) is 2. The van der Waals surface area contributed by atoms with Gasteiger partial charge in [0, 0.05) is 10.6 Å². The highest BCUT2D eigenvalue weighted by Gasteiger charge is 2.21. The quantitative estimate of drug-likeness (QED) is 0.662. The maximum Gasteiger partial charge on any atom is 0.325 e. The summed E-state index contributed by atoms with van der Waals surface area (Å²) in [6.45, 7) is -0.309. The van der Waals surface area contributed by atoms with Crippen LogP contribution in [0.1, 0.15) is 10.4 Å². The maximum absolute atomic E-state index is 11.9. The molecule has 9 heteroatoms. The SMILES string of the molecule is O=C(COC(=O)CNC(=O)c1ccc(Cl)cc1)NC[C@@H]1COc2ccccc2O1. The monoisotopic (exact) mass is 418 g/mol. The molecule has 0 radical (unpaired) electrons. The molecule has 0 fully saturated rings. The molecule has 2 aromatic rings. The molecule has 0 aromatic heterocycles. The van der Waals surface area contributed by atoms with Crippen LogP contribution in [0.4, 0.5) is 0 Å². The Balaban J connectivity index is 1.32. The fraction of sp³-hybridized carbons (Fsp3) is 0.250. The second kappa shape index (κ2) is 9.79. The molecular weight excluding hydrogens is 400 g/mol. The zero-order chi connectivity index (χ0) is 20.6. The fourth-order valence-electron chi connectivity index (χ4n) is 2.50. The van der Waals surface area contributed by atoms with Gasteiger partial charge in [0.05, 0.1) is 6.54 Å². The molecule has 2 amide bonds. The van der Waals surface area contributed by atoms with Crippen LogP contribution in [0, 0.1) is 0 Å². The number of hydrogen-bond acceptors (Lipinski definition) is 6. The minimum absolute atomic E-state index is 0.206. The third kappa shape index (κ3) is 6.11. The number of rotatable bonds is 7. The number of ether oxygens (including phenoxy) is 3. The van der Waals surface area contributed by atoms with Crippen molar-refractivity contribution in [2.45, 2.75) is 6.10 Å². The summed E-state index contributed by atoms with van der Waals surface area (Å²) in [6.07, 6.45) is -0.344. The molecule has 0 spiro atoms. The summed E-state index contributed by atoms with van der Waals surface area (Å²) in [6, 6.07) is 13.5. The highest BCUT2D eigenvalue weighted by molar-refractivity contribution is 6.30. The van der Waals surface area contributed by atoms with Crippen molar-refractivity contribution in [2.75, 3.05) is 26.3 Å². The lowest BCUT2D eigenvalue weighted by molar-refractivity contribution is -0.147. The van der Waals surface area contributed by atoms with Gasteiger partial charge in [-0.1, -0.05) is 23.7 Å². The van der Waals surface area contributed by atoms with Gasteiger partial charge < -0.3 is 24.8 Å². The van der Waals surface area contributed by atoms with Crippen LogP contribution in [0.2, 0.25) is 5.02 Å². The van der Waals surface area contributed by atoms with Crippen molar-refractivity contribution >= 4 is 29.4 Å². The Morgan fingerprint density at radius 2 is 1.76 bits per heavy atom. The van der Waals surface area contributed by atoms with Crippen molar-refractivity contribution in [3.05, 3.63) is 59.1 Å². The van der Waals surface area contributed by atoms with E-state index in [0.29, 0.717) is 28.7 Å². The molecule has 0 saturated heterocycles. The molecule has 152 valence electrons. The van der Waals surface area contributed by atoms with Crippen LogP contribution >= 0.6 is 11.6 Å². The molecule has 0 unspecified atom stereocenters. The Labute approximate surface area is 172 Å². The van der Waals surface area contributed by atoms with Crippen LogP contribution in [0.3, 0.4) is 0 Å². The lowest BCUT2D eigenvalue weighted by Gasteiger charge is -2.26. The Bertz CT molecular complexity index is 887. The first-order valence-electron chi connectivity index (χ1n) is 8.86. The molecule has 0 aliphatic carbocycles. The number of carbonyl (C=O) groups excluding carboxylic acids is 3. The largest absolute Gasteiger partial charge is 0.486 e. The number of nitrogens with one attached hydrogen (secondary N) is 2. The maximum atomic E-state index is 11.9. The number of carbonyl (C=O) groups is 3. The minimum atomic E-state index is -0.728. The van der Waals surface area contributed by atoms with Crippen molar-refractivity contribution in [3.63, 3.8) is 0 Å². The number of fused-ring (bicyclic) bond motifs is 1. The molecule has 29 heavy (non-hydrogen) atoms. The Kier molecular flexibility index (Phi) is 6.91. The van der Waals surface area contributed by atoms with Crippen molar-refractivity contribution < 1.29 is 28.6 Å². The van der Waals surface area contributed by atoms with E-state index in [2.05, 4.69) is 10.6 Å². The van der Waals surface area contributed by atoms with E-state index in [0.717, 1.165) is 0 Å². The van der Waals surface area contributed by atoms with Crippen LogP contribution in [-0.4, -0.2) is 50.2 Å². The molecule has 2 N–H and O–H groups in total. The van der Waals surface area contributed by atoms with E-state index in [1.807, 2.05) is 12.1 Å². The summed E-state index contributed by atoms with van der Waals surface area (Å²) in [5, 5.41) is 5.53. The van der Waals surface area contributed by atoms with E-state index in [1.165, 1.54) is 12.1 Å². The average Bonchev–Trinajstić information content (AvgIpc) is 2.75. The van der Waals surface area contributed by atoms with Crippen LogP contribution in [-0.2, 0) is 14.3 Å². The van der Waals surface area contributed by atoms with Gasteiger partial charge in [-0.3, -0.25) is 14.4 Å². The molecule has 1 aliphatic rings. The molecule has 1 aliphatic heterocycles. The van der Waals surface area contributed by atoms with Gasteiger partial charge in [0.1, 0.15) is 19.3 Å². The molecule has 3 rings (SSSR count). The summed E-state index contributed by atoms with van der Waals surface area (Å²) in [4.78, 5) is 35.4. The predicted molar refractivity (Wildman–Crippen MR) is 104 cm³/mol. The van der Waals surface area contributed by atoms with Gasteiger partial charge in [0.25, 0.3) is 11.8 Å². The van der Waals surface area contributed by atoms with E-state index >= 15 is 0 Å². The lowest BCUT2D eigenvalue weighted by atomic mass is 10.2. The first kappa shape index (κ1) is 20.5. The van der Waals surface area contributed by atoms with Crippen LogP contribution in [0.5, 0.6) is 11.5 Å². The average molecular weight is 419 g/mol. The molecule has 0 saturated carbocycles. The van der Waals surface area contributed by atoms with Crippen molar-refractivity contribution in [1.29, 1.82) is 0 Å². The molecule has 2 aromatic carbocycles. The predicted octanol–water partition coefficient (Wildman–Crippen LogP) is 1.57. The number of para-hydroxylation sites is 2. The summed E-state index contributed by atoms with van der Waals surface area (Å²) in [5.74, 6) is -0.387. The number of halogens is 1. The molecule has 1 heterocycles. The van der Waals surface area contributed by atoms with E-state index in [1.54, 1.807) is 24.3 Å². The first-order valence-corrected chi connectivity index (χ1v) is 9.23. The second-order valence-electron chi connectivity index (χ2n) is 6.15. The summed E-state index contributed by atoms with van der Waals surface area (Å²) in [7, 11) is 0. The standard InChI is InChI=1S/C20H19ClN2O6/c21-14-7-5-13(6-8-14)20(26)23-10-19(25)28-12-18(24)22-9-15-11-27-16-3-1-2-4-17(16)29-15/h1-8,15H,9-12H2,(H,22,24)(H,23,26)/t15-/m1/s1. The van der Waals surface area contributed by atoms with Gasteiger partial charge in [0.15, 0.2) is 18.1 Å². The fourth-order valence-corrected chi connectivity index (χ4v) is 2.62. The molecule has 1 atom stereocenters. The second-order valence-corrected chi connectivity index (χ2v) is 6.59. The van der Waals surface area contributed by atoms with Crippen LogP contribution in [0.25, 0.3) is 0 Å². The van der Waals surface area contributed by atoms with E-state index in [9.17, 15) is 14.4 Å². The van der Waals surface area contributed by atoms with Gasteiger partial charge in [-0.15, -0.1) is 0 Å². The smallest absolute Gasteiger partial charge is 0.325 e. The zero-order valence-corrected chi connectivity index (χ0v) is 16.1. The molecular formula is C20H19ClN2O6. The number of benzene rings is 2. The third-order valence-electron chi connectivity index (χ3n) is 3.96. The van der Waals surface area contributed by atoms with Gasteiger partial charge in [-0.25, -0.2) is 0 Å². The van der Waals surface area contributed by atoms with Gasteiger partial charge >= 0.3 is 5.97 Å². The van der Waals surface area contributed by atoms with E-state index in [-0.39, 0.29) is 19.2 Å². The highest BCUT2D eigenvalue weighted by atomic mass is 35.5. The van der Waals surface area contributed by atoms with Crippen LogP contribution < -0.4 is 20.1 Å². The van der Waals surface area contributed by atoms with Gasteiger partial charge in [0.2, 0.25) is 0 Å². The lowest BCUT2D eigenvalue weighted by Crippen LogP contribution is -2.42. The van der Waals surface area contributed by atoms with Crippen molar-refractivity contribution in [3.8, 4) is 11.5 Å². The Morgan fingerprint density at radius 3 is 2.52 bits per heavy atom. The number of amides is 2. The summed E-state index contributed by atoms with van der Waals surface area (Å²) < 4.78 is 16.1. The topological polar surface area (TPSA) is 103 Å². The van der Waals surface area contributed by atoms with Gasteiger partial charge in [-0.2, -0.15) is 0 Å². The van der Waals surface area contributed by atoms with Crippen molar-refractivity contribution in [2.24, 2.45) is 0 Å². The molecule has 0 bridgehead atoms. The minimum Gasteiger partial charge on any atom is -0.486 e.